The fourth-order valence-electron chi connectivity index (χ4n) is 2.43. The van der Waals surface area contributed by atoms with E-state index in [1.807, 2.05) is 6.07 Å². The first-order valence-corrected chi connectivity index (χ1v) is 7.38. The van der Waals surface area contributed by atoms with Crippen molar-refractivity contribution in [3.63, 3.8) is 0 Å². The van der Waals surface area contributed by atoms with Gasteiger partial charge in [-0.2, -0.15) is 0 Å². The normalized spacial score (nSPS) is 11.9. The Morgan fingerprint density at radius 1 is 1.15 bits per heavy atom. The van der Waals surface area contributed by atoms with Gasteiger partial charge in [-0.15, -0.1) is 0 Å². The van der Waals surface area contributed by atoms with E-state index < -0.39 is 0 Å². The second-order valence-corrected chi connectivity index (χ2v) is 6.24. The maximum Gasteiger partial charge on any atom is 0.170 e. The standard InChI is InChI=1S/C17H24FNO/c1-11(2)8-14-13-6-5-7-15(18)17(13)20-16(14)10-19-9-12(3)4/h5-7,11-12,19H,8-10H2,1-4H3. The summed E-state index contributed by atoms with van der Waals surface area (Å²) in [5.74, 6) is 1.70. The summed E-state index contributed by atoms with van der Waals surface area (Å²) >= 11 is 0. The number of fused-ring (bicyclic) bond motifs is 1. The number of rotatable bonds is 6. The SMILES string of the molecule is CC(C)CNCc1oc2c(F)cccc2c1CC(C)C. The fourth-order valence-corrected chi connectivity index (χ4v) is 2.43. The highest BCUT2D eigenvalue weighted by molar-refractivity contribution is 5.82. The van der Waals surface area contributed by atoms with Gasteiger partial charge in [-0.3, -0.25) is 0 Å². The quantitative estimate of drug-likeness (QED) is 0.840. The summed E-state index contributed by atoms with van der Waals surface area (Å²) in [6.07, 6.45) is 0.912. The Balaban J connectivity index is 2.33. The summed E-state index contributed by atoms with van der Waals surface area (Å²) in [7, 11) is 0. The summed E-state index contributed by atoms with van der Waals surface area (Å²) in [4.78, 5) is 0. The Hall–Kier alpha value is -1.35. The molecule has 0 spiro atoms. The summed E-state index contributed by atoms with van der Waals surface area (Å²) in [5.41, 5.74) is 1.54. The van der Waals surface area contributed by atoms with E-state index in [0.717, 1.165) is 29.7 Å². The fraction of sp³-hybridized carbons (Fsp3) is 0.529. The van der Waals surface area contributed by atoms with Gasteiger partial charge in [0, 0.05) is 10.9 Å². The monoisotopic (exact) mass is 277 g/mol. The molecule has 1 heterocycles. The number of benzene rings is 1. The van der Waals surface area contributed by atoms with E-state index in [9.17, 15) is 4.39 Å². The van der Waals surface area contributed by atoms with Crippen LogP contribution in [0.3, 0.4) is 0 Å². The summed E-state index contributed by atoms with van der Waals surface area (Å²) < 4.78 is 19.6. The van der Waals surface area contributed by atoms with Crippen LogP contribution in [0.25, 0.3) is 11.0 Å². The summed E-state index contributed by atoms with van der Waals surface area (Å²) in [6.45, 7) is 10.3. The number of nitrogens with one attached hydrogen (secondary N) is 1. The van der Waals surface area contributed by atoms with Gasteiger partial charge >= 0.3 is 0 Å². The number of para-hydroxylation sites is 1. The molecule has 2 nitrogen and oxygen atoms in total. The Labute approximate surface area is 120 Å². The molecule has 0 atom stereocenters. The van der Waals surface area contributed by atoms with Crippen molar-refractivity contribution in [2.75, 3.05) is 6.54 Å². The Kier molecular flexibility index (Phi) is 4.81. The van der Waals surface area contributed by atoms with Crippen LogP contribution in [0.2, 0.25) is 0 Å². The highest BCUT2D eigenvalue weighted by atomic mass is 19.1. The van der Waals surface area contributed by atoms with Gasteiger partial charge in [0.25, 0.3) is 0 Å². The van der Waals surface area contributed by atoms with Crippen LogP contribution in [-0.4, -0.2) is 6.54 Å². The van der Waals surface area contributed by atoms with Gasteiger partial charge in [0.2, 0.25) is 0 Å². The maximum atomic E-state index is 13.9. The lowest BCUT2D eigenvalue weighted by Gasteiger charge is -2.09. The minimum Gasteiger partial charge on any atom is -0.456 e. The minimum atomic E-state index is -0.275. The predicted molar refractivity (Wildman–Crippen MR) is 81.3 cm³/mol. The van der Waals surface area contributed by atoms with E-state index in [0.29, 0.717) is 24.0 Å². The molecule has 0 radical (unpaired) electrons. The largest absolute Gasteiger partial charge is 0.456 e. The van der Waals surface area contributed by atoms with Gasteiger partial charge < -0.3 is 9.73 Å². The molecule has 0 aliphatic carbocycles. The zero-order chi connectivity index (χ0) is 14.7. The van der Waals surface area contributed by atoms with E-state index >= 15 is 0 Å². The molecule has 1 N–H and O–H groups in total. The molecule has 0 aliphatic rings. The van der Waals surface area contributed by atoms with Crippen LogP contribution in [0.15, 0.2) is 22.6 Å². The van der Waals surface area contributed by atoms with Crippen LogP contribution < -0.4 is 5.32 Å². The molecule has 0 bridgehead atoms. The molecule has 2 aromatic rings. The van der Waals surface area contributed by atoms with Crippen LogP contribution in [0, 0.1) is 17.7 Å². The first kappa shape index (κ1) is 15.0. The number of hydrogen-bond acceptors (Lipinski definition) is 2. The summed E-state index contributed by atoms with van der Waals surface area (Å²) in [5, 5.41) is 4.30. The van der Waals surface area contributed by atoms with Crippen molar-refractivity contribution in [3.8, 4) is 0 Å². The van der Waals surface area contributed by atoms with E-state index in [4.69, 9.17) is 4.42 Å². The van der Waals surface area contributed by atoms with Crippen LogP contribution >= 0.6 is 0 Å². The molecule has 1 aromatic carbocycles. The van der Waals surface area contributed by atoms with Crippen molar-refractivity contribution < 1.29 is 8.81 Å². The van der Waals surface area contributed by atoms with E-state index in [-0.39, 0.29) is 5.82 Å². The second kappa shape index (κ2) is 6.40. The predicted octanol–water partition coefficient (Wildman–Crippen LogP) is 4.52. The lowest BCUT2D eigenvalue weighted by Crippen LogP contribution is -2.19. The molecule has 20 heavy (non-hydrogen) atoms. The van der Waals surface area contributed by atoms with Crippen molar-refractivity contribution >= 4 is 11.0 Å². The summed E-state index contributed by atoms with van der Waals surface area (Å²) in [6, 6.07) is 5.16. The number of hydrogen-bond donors (Lipinski definition) is 1. The molecular formula is C17H24FNO. The van der Waals surface area contributed by atoms with Gasteiger partial charge in [-0.25, -0.2) is 4.39 Å². The van der Waals surface area contributed by atoms with Crippen LogP contribution in [0.1, 0.15) is 39.0 Å². The third-order valence-corrected chi connectivity index (χ3v) is 3.30. The maximum absolute atomic E-state index is 13.9. The third kappa shape index (κ3) is 3.40. The third-order valence-electron chi connectivity index (χ3n) is 3.30. The highest BCUT2D eigenvalue weighted by Gasteiger charge is 2.17. The van der Waals surface area contributed by atoms with Crippen molar-refractivity contribution in [1.29, 1.82) is 0 Å². The number of furan rings is 1. The highest BCUT2D eigenvalue weighted by Crippen LogP contribution is 2.29. The van der Waals surface area contributed by atoms with E-state index in [2.05, 4.69) is 33.0 Å². The smallest absolute Gasteiger partial charge is 0.170 e. The molecule has 0 saturated heterocycles. The molecule has 2 rings (SSSR count). The van der Waals surface area contributed by atoms with Crippen molar-refractivity contribution in [1.82, 2.24) is 5.32 Å². The zero-order valence-electron chi connectivity index (χ0n) is 12.8. The molecule has 1 aromatic heterocycles. The van der Waals surface area contributed by atoms with Crippen LogP contribution in [0.5, 0.6) is 0 Å². The lowest BCUT2D eigenvalue weighted by molar-refractivity contribution is 0.467. The minimum absolute atomic E-state index is 0.275. The average Bonchev–Trinajstić information content (AvgIpc) is 2.69. The Bertz CT molecular complexity index is 572. The Morgan fingerprint density at radius 3 is 2.55 bits per heavy atom. The van der Waals surface area contributed by atoms with E-state index in [1.165, 1.54) is 6.07 Å². The first-order valence-electron chi connectivity index (χ1n) is 7.38. The molecular weight excluding hydrogens is 253 g/mol. The van der Waals surface area contributed by atoms with Crippen LogP contribution in [0.4, 0.5) is 4.39 Å². The molecule has 110 valence electrons. The molecule has 3 heteroatoms. The van der Waals surface area contributed by atoms with Gasteiger partial charge in [-0.1, -0.05) is 39.8 Å². The molecule has 0 fully saturated rings. The van der Waals surface area contributed by atoms with Gasteiger partial charge in [0.1, 0.15) is 5.76 Å². The van der Waals surface area contributed by atoms with Crippen molar-refractivity contribution in [3.05, 3.63) is 35.3 Å². The van der Waals surface area contributed by atoms with Gasteiger partial charge in [-0.05, 0) is 30.9 Å². The molecule has 0 unspecified atom stereocenters. The van der Waals surface area contributed by atoms with Crippen LogP contribution in [-0.2, 0) is 13.0 Å². The Morgan fingerprint density at radius 2 is 1.90 bits per heavy atom. The molecule has 0 saturated carbocycles. The lowest BCUT2D eigenvalue weighted by atomic mass is 9.99. The zero-order valence-corrected chi connectivity index (χ0v) is 12.8. The first-order chi connectivity index (χ1) is 9.49. The number of halogens is 1. The topological polar surface area (TPSA) is 25.2 Å². The van der Waals surface area contributed by atoms with E-state index in [1.54, 1.807) is 6.07 Å². The van der Waals surface area contributed by atoms with Gasteiger partial charge in [0.15, 0.2) is 11.4 Å². The molecule has 0 aliphatic heterocycles. The second-order valence-electron chi connectivity index (χ2n) is 6.24. The van der Waals surface area contributed by atoms with Crippen molar-refractivity contribution in [2.24, 2.45) is 11.8 Å². The average molecular weight is 277 g/mol. The van der Waals surface area contributed by atoms with Gasteiger partial charge in [0.05, 0.1) is 6.54 Å². The molecule has 0 amide bonds. The van der Waals surface area contributed by atoms with Crippen molar-refractivity contribution in [2.45, 2.75) is 40.7 Å².